The van der Waals surface area contributed by atoms with Crippen LogP contribution in [0.2, 0.25) is 0 Å². The number of hydrogen-bond acceptors (Lipinski definition) is 12. The molecule has 268 valence electrons. The molecule has 0 aliphatic heterocycles. The summed E-state index contributed by atoms with van der Waals surface area (Å²) in [6, 6.07) is -6.95. The minimum Gasteiger partial charge on any atom is -0.480 e. The molecule has 6 atom stereocenters. The number of nitrogens with one attached hydrogen (secondary N) is 6. The average molecular weight is 677 g/mol. The topological polar surface area (TPSA) is 363 Å². The number of aliphatic imine (C=N–C) groups is 1. The molecule has 0 spiro atoms. The third-order valence-corrected chi connectivity index (χ3v) is 6.20. The van der Waals surface area contributed by atoms with Crippen LogP contribution in [0.15, 0.2) is 4.99 Å². The van der Waals surface area contributed by atoms with Gasteiger partial charge in [-0.2, -0.15) is 0 Å². The maximum Gasteiger partial charge on any atom is 0.328 e. The average Bonchev–Trinajstić information content (AvgIpc) is 2.99. The number of carbonyl (C=O) groups is 7. The summed E-state index contributed by atoms with van der Waals surface area (Å²) in [6.07, 6.45) is -1.08. The van der Waals surface area contributed by atoms with Crippen molar-refractivity contribution < 1.29 is 54.0 Å². The lowest BCUT2D eigenvalue weighted by Gasteiger charge is -2.26. The summed E-state index contributed by atoms with van der Waals surface area (Å²) in [5.74, 6) is -7.11. The van der Waals surface area contributed by atoms with Gasteiger partial charge < -0.3 is 69.5 Å². The quantitative estimate of drug-likeness (QED) is 0.0288. The smallest absolute Gasteiger partial charge is 0.328 e. The number of rotatable bonds is 22. The van der Waals surface area contributed by atoms with Crippen LogP contribution < -0.4 is 49.1 Å². The van der Waals surface area contributed by atoms with E-state index < -0.39 is 104 Å². The van der Waals surface area contributed by atoms with Crippen LogP contribution in [0.25, 0.3) is 0 Å². The van der Waals surface area contributed by atoms with E-state index in [1.54, 1.807) is 13.8 Å². The predicted octanol–water partition coefficient (Wildman–Crippen LogP) is -6.97. The van der Waals surface area contributed by atoms with Gasteiger partial charge >= 0.3 is 5.97 Å². The van der Waals surface area contributed by atoms with E-state index in [1.165, 1.54) is 0 Å². The molecule has 0 aromatic carbocycles. The van der Waals surface area contributed by atoms with E-state index in [-0.39, 0.29) is 37.7 Å². The fourth-order valence-corrected chi connectivity index (χ4v) is 3.72. The summed E-state index contributed by atoms with van der Waals surface area (Å²) < 4.78 is 0. The summed E-state index contributed by atoms with van der Waals surface area (Å²) >= 11 is 0. The summed E-state index contributed by atoms with van der Waals surface area (Å²) in [5, 5.41) is 50.8. The monoisotopic (exact) mass is 676 g/mol. The van der Waals surface area contributed by atoms with Gasteiger partial charge in [-0.25, -0.2) is 4.79 Å². The number of aliphatic hydroxyl groups is 3. The largest absolute Gasteiger partial charge is 0.480 e. The van der Waals surface area contributed by atoms with Crippen LogP contribution in [0.4, 0.5) is 0 Å². The third kappa shape index (κ3) is 17.6. The van der Waals surface area contributed by atoms with E-state index in [1.807, 2.05) is 5.32 Å². The molecule has 0 saturated carbocycles. The first-order valence-electron chi connectivity index (χ1n) is 14.6. The number of amides is 6. The lowest BCUT2D eigenvalue weighted by atomic mass is 10.0. The standard InChI is InChI=1S/C26H48N10O11/c1-12(2)7-16(34-23(44)15(5-4-6-30-26(28)29)33-21(42)14(27)10-37)24(45)35-17(11-38)22(43)32-8-18(40)31-9-19(41)36-20(13(3)39)25(46)47/h12-17,20,37-39H,4-11,27H2,1-3H3,(H,31,40)(H,32,43)(H,33,42)(H,34,44)(H,35,45)(H,36,41)(H,46,47)(H4,28,29,30)/t13-,14+,15+,16+,17+,20+/m1/s1. The highest BCUT2D eigenvalue weighted by atomic mass is 16.4. The number of aliphatic hydroxyl groups excluding tert-OH is 3. The van der Waals surface area contributed by atoms with Crippen LogP contribution in [0, 0.1) is 5.92 Å². The molecule has 0 unspecified atom stereocenters. The molecule has 0 bridgehead atoms. The van der Waals surface area contributed by atoms with Gasteiger partial charge in [-0.05, 0) is 32.1 Å². The lowest BCUT2D eigenvalue weighted by Crippen LogP contribution is -2.59. The van der Waals surface area contributed by atoms with Crippen LogP contribution in [-0.2, 0) is 33.6 Å². The zero-order chi connectivity index (χ0) is 36.3. The maximum atomic E-state index is 13.2. The molecule has 0 rings (SSSR count). The van der Waals surface area contributed by atoms with Crippen LogP contribution >= 0.6 is 0 Å². The summed E-state index contributed by atoms with van der Waals surface area (Å²) in [6.45, 7) is 1.81. The van der Waals surface area contributed by atoms with Gasteiger partial charge in [0.05, 0.1) is 32.4 Å². The highest BCUT2D eigenvalue weighted by Crippen LogP contribution is 2.08. The van der Waals surface area contributed by atoms with Gasteiger partial charge in [-0.15, -0.1) is 0 Å². The third-order valence-electron chi connectivity index (χ3n) is 6.20. The first-order chi connectivity index (χ1) is 21.9. The summed E-state index contributed by atoms with van der Waals surface area (Å²) in [7, 11) is 0. The van der Waals surface area contributed by atoms with Gasteiger partial charge in [0.2, 0.25) is 35.4 Å². The fourth-order valence-electron chi connectivity index (χ4n) is 3.72. The number of carboxylic acids is 1. The number of hydrogen-bond donors (Lipinski definition) is 13. The predicted molar refractivity (Wildman–Crippen MR) is 165 cm³/mol. The molecule has 0 aliphatic rings. The van der Waals surface area contributed by atoms with E-state index in [2.05, 4.69) is 31.6 Å². The van der Waals surface area contributed by atoms with Crippen LogP contribution in [0.3, 0.4) is 0 Å². The van der Waals surface area contributed by atoms with Crippen molar-refractivity contribution >= 4 is 47.4 Å². The van der Waals surface area contributed by atoms with E-state index in [9.17, 15) is 48.9 Å². The van der Waals surface area contributed by atoms with Gasteiger partial charge in [0.15, 0.2) is 12.0 Å². The van der Waals surface area contributed by atoms with Crippen molar-refractivity contribution in [3.05, 3.63) is 0 Å². The fraction of sp³-hybridized carbons (Fsp3) is 0.692. The molecule has 0 aromatic heterocycles. The molecule has 0 aromatic rings. The van der Waals surface area contributed by atoms with Gasteiger partial charge in [-0.3, -0.25) is 33.8 Å². The van der Waals surface area contributed by atoms with Crippen molar-refractivity contribution in [2.45, 2.75) is 76.3 Å². The van der Waals surface area contributed by atoms with Crippen LogP contribution in [-0.4, -0.2) is 137 Å². The van der Waals surface area contributed by atoms with Crippen molar-refractivity contribution in [1.82, 2.24) is 31.9 Å². The van der Waals surface area contributed by atoms with Crippen LogP contribution in [0.5, 0.6) is 0 Å². The van der Waals surface area contributed by atoms with Crippen molar-refractivity contribution in [2.75, 3.05) is 32.8 Å². The van der Waals surface area contributed by atoms with Gasteiger partial charge in [0, 0.05) is 6.54 Å². The van der Waals surface area contributed by atoms with Gasteiger partial charge in [0.25, 0.3) is 0 Å². The molecule has 16 N–H and O–H groups in total. The Balaban J connectivity index is 5.37. The maximum absolute atomic E-state index is 13.2. The number of aliphatic carboxylic acids is 1. The van der Waals surface area contributed by atoms with Gasteiger partial charge in [-0.1, -0.05) is 13.8 Å². The zero-order valence-corrected chi connectivity index (χ0v) is 26.5. The minimum absolute atomic E-state index is 0.0224. The molecule has 0 radical (unpaired) electrons. The Bertz CT molecular complexity index is 1120. The molecule has 6 amide bonds. The number of guanidine groups is 1. The lowest BCUT2D eigenvalue weighted by molar-refractivity contribution is -0.144. The van der Waals surface area contributed by atoms with E-state index >= 15 is 0 Å². The van der Waals surface area contributed by atoms with Crippen molar-refractivity contribution in [3.63, 3.8) is 0 Å². The number of nitrogens with two attached hydrogens (primary N) is 3. The molecule has 0 aliphatic carbocycles. The first kappa shape index (κ1) is 42.4. The summed E-state index contributed by atoms with van der Waals surface area (Å²) in [4.78, 5) is 90.0. The van der Waals surface area contributed by atoms with E-state index in [0.717, 1.165) is 6.92 Å². The molecule has 47 heavy (non-hydrogen) atoms. The number of carbonyl (C=O) groups excluding carboxylic acids is 6. The Morgan fingerprint density at radius 3 is 1.79 bits per heavy atom. The molecule has 0 heterocycles. The highest BCUT2D eigenvalue weighted by molar-refractivity contribution is 5.96. The van der Waals surface area contributed by atoms with Crippen molar-refractivity contribution in [3.8, 4) is 0 Å². The first-order valence-corrected chi connectivity index (χ1v) is 14.6. The molecule has 21 nitrogen and oxygen atoms in total. The highest BCUT2D eigenvalue weighted by Gasteiger charge is 2.31. The Labute approximate surface area is 270 Å². The van der Waals surface area contributed by atoms with Crippen molar-refractivity contribution in [1.29, 1.82) is 0 Å². The normalized spacial score (nSPS) is 14.6. The van der Waals surface area contributed by atoms with Crippen molar-refractivity contribution in [2.24, 2.45) is 28.1 Å². The second kappa shape index (κ2) is 22.0. The SMILES string of the molecule is CC(C)C[C@H](NC(=O)[C@H](CCCN=C(N)N)NC(=O)[C@@H](N)CO)C(=O)N[C@@H](CO)C(=O)NCC(=O)NCC(=O)N[C@H](C(=O)O)[C@@H](C)O. The Morgan fingerprint density at radius 1 is 0.723 bits per heavy atom. The Morgan fingerprint density at radius 2 is 1.28 bits per heavy atom. The van der Waals surface area contributed by atoms with E-state index in [4.69, 9.17) is 22.3 Å². The summed E-state index contributed by atoms with van der Waals surface area (Å²) in [5.41, 5.74) is 16.1. The molecule has 0 fully saturated rings. The number of nitrogens with zero attached hydrogens (tertiary/aromatic N) is 1. The Hall–Kier alpha value is -4.60. The van der Waals surface area contributed by atoms with Gasteiger partial charge in [0.1, 0.15) is 24.2 Å². The van der Waals surface area contributed by atoms with E-state index in [0.29, 0.717) is 0 Å². The Kier molecular flexibility index (Phi) is 19.9. The second-order valence-electron chi connectivity index (χ2n) is 10.9. The van der Waals surface area contributed by atoms with Crippen LogP contribution in [0.1, 0.15) is 40.0 Å². The number of carboxylic acid groups (broad SMARTS) is 1. The zero-order valence-electron chi connectivity index (χ0n) is 26.5. The second-order valence-corrected chi connectivity index (χ2v) is 10.9. The molecule has 21 heteroatoms. The molecular formula is C26H48N10O11. The molecule has 0 saturated heterocycles. The molecular weight excluding hydrogens is 628 g/mol. The minimum atomic E-state index is -1.61.